The lowest BCUT2D eigenvalue weighted by Gasteiger charge is -2.37. The fourth-order valence-electron chi connectivity index (χ4n) is 4.15. The third-order valence-corrected chi connectivity index (χ3v) is 6.10. The first kappa shape index (κ1) is 26.2. The number of piperidine rings is 1. The number of carbonyl (C=O) groups is 1. The lowest BCUT2D eigenvalue weighted by atomic mass is 10.0. The van der Waals surface area contributed by atoms with E-state index in [4.69, 9.17) is 10.5 Å². The molecule has 2 aromatic carbocycles. The van der Waals surface area contributed by atoms with Gasteiger partial charge in [-0.3, -0.25) is 14.9 Å². The number of rotatable bonds is 12. The van der Waals surface area contributed by atoms with E-state index < -0.39 is 11.0 Å². The number of aliphatic hydroxyl groups excluding tert-OH is 1. The number of nitro benzene ring substituents is 1. The molecule has 0 spiro atoms. The Morgan fingerprint density at radius 2 is 2.00 bits per heavy atom. The molecule has 5 N–H and O–H groups in total. The number of nitrogens with two attached hydrogens (primary N) is 1. The molecule has 0 aliphatic carbocycles. The van der Waals surface area contributed by atoms with Gasteiger partial charge < -0.3 is 31.1 Å². The topological polar surface area (TPSA) is 143 Å². The van der Waals surface area contributed by atoms with Crippen molar-refractivity contribution in [2.45, 2.75) is 44.8 Å². The van der Waals surface area contributed by atoms with Crippen molar-refractivity contribution >= 4 is 23.0 Å². The van der Waals surface area contributed by atoms with E-state index in [1.165, 1.54) is 12.1 Å². The Bertz CT molecular complexity index is 979. The minimum absolute atomic E-state index is 0.0623. The number of amides is 1. The Morgan fingerprint density at radius 1 is 1.29 bits per heavy atom. The van der Waals surface area contributed by atoms with Crippen molar-refractivity contribution in [3.63, 3.8) is 0 Å². The van der Waals surface area contributed by atoms with Crippen molar-refractivity contribution in [2.24, 2.45) is 0 Å². The second-order valence-corrected chi connectivity index (χ2v) is 8.70. The monoisotopic (exact) mass is 485 g/mol. The Morgan fingerprint density at radius 3 is 2.66 bits per heavy atom. The number of nitrogen functional groups attached to an aromatic ring is 1. The molecule has 1 saturated heterocycles. The van der Waals surface area contributed by atoms with Crippen LogP contribution in [0.15, 0.2) is 42.5 Å². The van der Waals surface area contributed by atoms with Crippen molar-refractivity contribution in [2.75, 3.05) is 43.4 Å². The maximum absolute atomic E-state index is 12.4. The second-order valence-electron chi connectivity index (χ2n) is 8.70. The number of anilines is 2. The van der Waals surface area contributed by atoms with E-state index in [9.17, 15) is 20.0 Å². The molecule has 0 aromatic heterocycles. The van der Waals surface area contributed by atoms with E-state index in [0.717, 1.165) is 44.5 Å². The molecule has 0 radical (unpaired) electrons. The van der Waals surface area contributed by atoms with E-state index in [-0.39, 0.29) is 35.7 Å². The summed E-state index contributed by atoms with van der Waals surface area (Å²) in [6, 6.07) is 12.0. The van der Waals surface area contributed by atoms with Crippen LogP contribution in [0.5, 0.6) is 5.75 Å². The maximum Gasteiger partial charge on any atom is 0.295 e. The summed E-state index contributed by atoms with van der Waals surface area (Å²) in [4.78, 5) is 25.0. The fraction of sp³-hybridized carbons (Fsp3) is 0.480. The zero-order valence-electron chi connectivity index (χ0n) is 20.1. The minimum atomic E-state index is -0.861. The van der Waals surface area contributed by atoms with Crippen molar-refractivity contribution in [1.82, 2.24) is 10.6 Å². The van der Waals surface area contributed by atoms with Crippen LogP contribution >= 0.6 is 0 Å². The number of benzene rings is 2. The maximum atomic E-state index is 12.4. The number of nitrogens with one attached hydrogen (secondary N) is 2. The van der Waals surface area contributed by atoms with Crippen LogP contribution in [0, 0.1) is 10.1 Å². The molecule has 35 heavy (non-hydrogen) atoms. The molecule has 1 amide bonds. The number of unbranched alkanes of at least 4 members (excludes halogenated alkanes) is 1. The number of aliphatic hydroxyl groups is 1. The van der Waals surface area contributed by atoms with E-state index in [1.807, 2.05) is 12.1 Å². The summed E-state index contributed by atoms with van der Waals surface area (Å²) < 4.78 is 5.64. The Balaban J connectivity index is 1.68. The van der Waals surface area contributed by atoms with Gasteiger partial charge in [0, 0.05) is 36.4 Å². The molecule has 1 aliphatic rings. The molecule has 10 nitrogen and oxygen atoms in total. The van der Waals surface area contributed by atoms with Crippen molar-refractivity contribution in [3.05, 3.63) is 58.1 Å². The number of para-hydroxylation sites is 1. The lowest BCUT2D eigenvalue weighted by molar-refractivity contribution is -0.384. The minimum Gasteiger partial charge on any atom is -0.488 e. The summed E-state index contributed by atoms with van der Waals surface area (Å²) in [5.41, 5.74) is 7.08. The first-order valence-corrected chi connectivity index (χ1v) is 12.1. The van der Waals surface area contributed by atoms with Gasteiger partial charge in [0.05, 0.1) is 4.92 Å². The number of nitro groups is 1. The summed E-state index contributed by atoms with van der Waals surface area (Å²) in [5, 5.41) is 28.2. The summed E-state index contributed by atoms with van der Waals surface area (Å²) >= 11 is 0. The van der Waals surface area contributed by atoms with Gasteiger partial charge in [0.15, 0.2) is 5.69 Å². The van der Waals surface area contributed by atoms with Crippen LogP contribution in [0.4, 0.5) is 17.1 Å². The van der Waals surface area contributed by atoms with Crippen LogP contribution in [0.3, 0.4) is 0 Å². The zero-order valence-corrected chi connectivity index (χ0v) is 20.1. The fourth-order valence-corrected chi connectivity index (χ4v) is 4.15. The highest BCUT2D eigenvalue weighted by Gasteiger charge is 2.25. The molecule has 0 saturated carbocycles. The summed E-state index contributed by atoms with van der Waals surface area (Å²) in [6.07, 6.45) is 2.94. The Kier molecular flexibility index (Phi) is 9.68. The predicted molar refractivity (Wildman–Crippen MR) is 136 cm³/mol. The number of carbonyl (C=O) groups excluding carboxylic acids is 1. The molecule has 1 heterocycles. The number of hydrogen-bond donors (Lipinski definition) is 4. The summed E-state index contributed by atoms with van der Waals surface area (Å²) in [5.74, 6) is 0.0755. The highest BCUT2D eigenvalue weighted by molar-refractivity contribution is 5.94. The number of nitrogens with zero attached hydrogens (tertiary/aromatic N) is 2. The van der Waals surface area contributed by atoms with Gasteiger partial charge in [-0.1, -0.05) is 19.4 Å². The molecular formula is C25H35N5O5. The first-order chi connectivity index (χ1) is 16.9. The van der Waals surface area contributed by atoms with Crippen LogP contribution in [-0.2, 0) is 0 Å². The SMILES string of the molecule is CCCCNC(=O)c1ccc(N(C[C@@H](O)COc2cccc([N+](=O)[O-])c2N)C2CCNCC2)cc1. The molecule has 0 bridgehead atoms. The van der Waals surface area contributed by atoms with Crippen molar-refractivity contribution in [3.8, 4) is 5.75 Å². The lowest BCUT2D eigenvalue weighted by Crippen LogP contribution is -2.47. The van der Waals surface area contributed by atoms with Gasteiger partial charge in [0.2, 0.25) is 0 Å². The summed E-state index contributed by atoms with van der Waals surface area (Å²) in [6.45, 7) is 4.74. The molecular weight excluding hydrogens is 450 g/mol. The molecule has 0 unspecified atom stereocenters. The van der Waals surface area contributed by atoms with Crippen LogP contribution in [-0.4, -0.2) is 60.9 Å². The van der Waals surface area contributed by atoms with Gasteiger partial charge in [0.25, 0.3) is 11.6 Å². The smallest absolute Gasteiger partial charge is 0.295 e. The summed E-state index contributed by atoms with van der Waals surface area (Å²) in [7, 11) is 0. The molecule has 1 aliphatic heterocycles. The van der Waals surface area contributed by atoms with Crippen LogP contribution in [0.25, 0.3) is 0 Å². The molecule has 1 atom stereocenters. The molecule has 190 valence electrons. The predicted octanol–water partition coefficient (Wildman–Crippen LogP) is 2.71. The van der Waals surface area contributed by atoms with Crippen LogP contribution in [0.1, 0.15) is 43.0 Å². The zero-order chi connectivity index (χ0) is 25.2. The van der Waals surface area contributed by atoms with E-state index in [0.29, 0.717) is 18.7 Å². The van der Waals surface area contributed by atoms with Gasteiger partial charge >= 0.3 is 0 Å². The highest BCUT2D eigenvalue weighted by atomic mass is 16.6. The Hall–Kier alpha value is -3.37. The first-order valence-electron chi connectivity index (χ1n) is 12.1. The third kappa shape index (κ3) is 7.30. The molecule has 2 aromatic rings. The van der Waals surface area contributed by atoms with Crippen LogP contribution < -0.4 is 26.0 Å². The van der Waals surface area contributed by atoms with Gasteiger partial charge in [-0.2, -0.15) is 0 Å². The van der Waals surface area contributed by atoms with Crippen molar-refractivity contribution in [1.29, 1.82) is 0 Å². The van der Waals surface area contributed by atoms with E-state index in [2.05, 4.69) is 22.5 Å². The standard InChI is InChI=1S/C25H35N5O5/c1-2-3-13-28-25(32)18-7-9-19(10-8-18)29(20-11-14-27-15-12-20)16-21(31)17-35-23-6-4-5-22(24(23)26)30(33)34/h4-10,20-21,27,31H,2-3,11-17,26H2,1H3,(H,28,32)/t21-/m1/s1. The normalized spacial score (nSPS) is 14.8. The van der Waals surface area contributed by atoms with Gasteiger partial charge in [-0.15, -0.1) is 0 Å². The second kappa shape index (κ2) is 12.9. The van der Waals surface area contributed by atoms with Crippen LogP contribution in [0.2, 0.25) is 0 Å². The van der Waals surface area contributed by atoms with Gasteiger partial charge in [-0.05, 0) is 62.7 Å². The average Bonchev–Trinajstić information content (AvgIpc) is 2.87. The highest BCUT2D eigenvalue weighted by Crippen LogP contribution is 2.31. The van der Waals surface area contributed by atoms with Gasteiger partial charge in [-0.25, -0.2) is 0 Å². The Labute approximate surface area is 205 Å². The number of hydrogen-bond acceptors (Lipinski definition) is 8. The number of ether oxygens (including phenoxy) is 1. The molecule has 3 rings (SSSR count). The van der Waals surface area contributed by atoms with E-state index in [1.54, 1.807) is 18.2 Å². The van der Waals surface area contributed by atoms with E-state index >= 15 is 0 Å². The average molecular weight is 486 g/mol. The third-order valence-electron chi connectivity index (χ3n) is 6.10. The van der Waals surface area contributed by atoms with Gasteiger partial charge in [0.1, 0.15) is 18.5 Å². The molecule has 1 fully saturated rings. The molecule has 10 heteroatoms. The van der Waals surface area contributed by atoms with Crippen molar-refractivity contribution < 1.29 is 19.6 Å². The quantitative estimate of drug-likeness (QED) is 0.156. The largest absolute Gasteiger partial charge is 0.488 e.